The first-order valence-corrected chi connectivity index (χ1v) is 11.5. The van der Waals surface area contributed by atoms with Gasteiger partial charge >= 0.3 is 0 Å². The van der Waals surface area contributed by atoms with E-state index in [1.54, 1.807) is 0 Å². The van der Waals surface area contributed by atoms with Crippen LogP contribution in [0.3, 0.4) is 0 Å². The van der Waals surface area contributed by atoms with Crippen molar-refractivity contribution in [1.29, 1.82) is 0 Å². The molecule has 30 heavy (non-hydrogen) atoms. The van der Waals surface area contributed by atoms with E-state index < -0.39 is 0 Å². The maximum Gasteiger partial charge on any atom is 0.160 e. The van der Waals surface area contributed by atoms with Crippen molar-refractivity contribution in [3.05, 3.63) is 65.1 Å². The van der Waals surface area contributed by atoms with Crippen LogP contribution in [-0.4, -0.2) is 51.1 Å². The lowest BCUT2D eigenvalue weighted by Gasteiger charge is -2.33. The van der Waals surface area contributed by atoms with Gasteiger partial charge in [0.25, 0.3) is 0 Å². The average Bonchev–Trinajstić information content (AvgIpc) is 3.51. The van der Waals surface area contributed by atoms with Crippen LogP contribution in [0.4, 0.5) is 0 Å². The Hall–Kier alpha value is -2.24. The molecule has 0 spiro atoms. The summed E-state index contributed by atoms with van der Waals surface area (Å²) in [5.41, 5.74) is 6.17. The molecule has 1 saturated carbocycles. The average molecular weight is 404 g/mol. The van der Waals surface area contributed by atoms with Crippen molar-refractivity contribution in [2.45, 2.75) is 51.6 Å². The summed E-state index contributed by atoms with van der Waals surface area (Å²) < 4.78 is 2.15. The SMILES string of the molecule is Cc1nn2c(C3CCCN(Cc4ccccc4)C3)ccnc2c1CN(C)CC1CC1. The van der Waals surface area contributed by atoms with E-state index in [1.165, 1.54) is 55.6 Å². The fraction of sp³-hybridized carbons (Fsp3) is 0.520. The molecule has 1 aliphatic carbocycles. The van der Waals surface area contributed by atoms with Gasteiger partial charge in [0, 0.05) is 43.9 Å². The van der Waals surface area contributed by atoms with Gasteiger partial charge in [0.15, 0.2) is 5.65 Å². The van der Waals surface area contributed by atoms with Gasteiger partial charge in [-0.15, -0.1) is 0 Å². The van der Waals surface area contributed by atoms with Crippen LogP contribution < -0.4 is 0 Å². The summed E-state index contributed by atoms with van der Waals surface area (Å²) in [4.78, 5) is 9.79. The molecule has 3 heterocycles. The number of rotatable bonds is 7. The van der Waals surface area contributed by atoms with E-state index >= 15 is 0 Å². The topological polar surface area (TPSA) is 36.7 Å². The van der Waals surface area contributed by atoms with E-state index in [1.807, 2.05) is 6.20 Å². The highest BCUT2D eigenvalue weighted by atomic mass is 15.3. The van der Waals surface area contributed by atoms with E-state index in [9.17, 15) is 0 Å². The molecule has 1 unspecified atom stereocenters. The summed E-state index contributed by atoms with van der Waals surface area (Å²) in [6.07, 6.45) is 7.23. The molecular formula is C25H33N5. The Labute approximate surface area is 179 Å². The predicted molar refractivity (Wildman–Crippen MR) is 120 cm³/mol. The van der Waals surface area contributed by atoms with Gasteiger partial charge in [-0.1, -0.05) is 30.3 Å². The minimum Gasteiger partial charge on any atom is -0.302 e. The lowest BCUT2D eigenvalue weighted by Crippen LogP contribution is -2.34. The second kappa shape index (κ2) is 8.48. The lowest BCUT2D eigenvalue weighted by molar-refractivity contribution is 0.197. The molecule has 3 aromatic rings. The summed E-state index contributed by atoms with van der Waals surface area (Å²) in [7, 11) is 2.23. The maximum atomic E-state index is 4.95. The molecule has 5 heteroatoms. The number of benzene rings is 1. The standard InChI is InChI=1S/C25H33N5/c1-19-23(18-28(2)15-21-10-11-21)25-26-13-12-24(30(25)27-19)22-9-6-14-29(17-22)16-20-7-4-3-5-8-20/h3-5,7-8,12-13,21-22H,6,9-11,14-18H2,1-2H3. The number of likely N-dealkylation sites (tertiary alicyclic amines) is 1. The molecule has 2 aromatic heterocycles. The van der Waals surface area contributed by atoms with E-state index in [0.29, 0.717) is 5.92 Å². The van der Waals surface area contributed by atoms with Gasteiger partial charge in [-0.25, -0.2) is 9.50 Å². The zero-order valence-electron chi connectivity index (χ0n) is 18.3. The Kier molecular flexibility index (Phi) is 5.57. The normalized spacial score (nSPS) is 20.3. The van der Waals surface area contributed by atoms with E-state index in [2.05, 4.69) is 64.7 Å². The van der Waals surface area contributed by atoms with Crippen LogP contribution in [0, 0.1) is 12.8 Å². The van der Waals surface area contributed by atoms with Crippen molar-refractivity contribution in [3.8, 4) is 0 Å². The first-order chi connectivity index (χ1) is 14.7. The Morgan fingerprint density at radius 2 is 1.93 bits per heavy atom. The molecule has 1 aromatic carbocycles. The minimum atomic E-state index is 0.504. The second-order valence-electron chi connectivity index (χ2n) is 9.37. The van der Waals surface area contributed by atoms with Crippen molar-refractivity contribution in [2.75, 3.05) is 26.7 Å². The first-order valence-electron chi connectivity index (χ1n) is 11.5. The van der Waals surface area contributed by atoms with Gasteiger partial charge in [0.2, 0.25) is 0 Å². The zero-order chi connectivity index (χ0) is 20.5. The highest BCUT2D eigenvalue weighted by Crippen LogP contribution is 2.31. The summed E-state index contributed by atoms with van der Waals surface area (Å²) in [6, 6.07) is 13.0. The summed E-state index contributed by atoms with van der Waals surface area (Å²) >= 11 is 0. The van der Waals surface area contributed by atoms with Crippen molar-refractivity contribution in [3.63, 3.8) is 0 Å². The molecule has 5 nitrogen and oxygen atoms in total. The van der Waals surface area contributed by atoms with E-state index in [4.69, 9.17) is 10.1 Å². The molecule has 0 radical (unpaired) electrons. The van der Waals surface area contributed by atoms with Gasteiger partial charge in [0.05, 0.1) is 11.4 Å². The molecule has 5 rings (SSSR count). The number of hydrogen-bond acceptors (Lipinski definition) is 4. The molecule has 2 aliphatic rings. The minimum absolute atomic E-state index is 0.504. The molecule has 1 aliphatic heterocycles. The predicted octanol–water partition coefficient (Wildman–Crippen LogP) is 4.26. The molecule has 0 bridgehead atoms. The molecule has 158 valence electrons. The Morgan fingerprint density at radius 1 is 1.10 bits per heavy atom. The largest absolute Gasteiger partial charge is 0.302 e. The Balaban J connectivity index is 1.36. The van der Waals surface area contributed by atoms with Crippen molar-refractivity contribution in [1.82, 2.24) is 24.4 Å². The molecule has 2 fully saturated rings. The molecule has 0 amide bonds. The van der Waals surface area contributed by atoms with Gasteiger partial charge < -0.3 is 4.90 Å². The van der Waals surface area contributed by atoms with Gasteiger partial charge in [0.1, 0.15) is 0 Å². The summed E-state index contributed by atoms with van der Waals surface area (Å²) in [6.45, 7) is 7.56. The molecule has 1 saturated heterocycles. The maximum absolute atomic E-state index is 4.95. The first kappa shape index (κ1) is 19.7. The summed E-state index contributed by atoms with van der Waals surface area (Å²) in [5.74, 6) is 1.41. The van der Waals surface area contributed by atoms with E-state index in [0.717, 1.165) is 36.9 Å². The third kappa shape index (κ3) is 4.28. The lowest BCUT2D eigenvalue weighted by atomic mass is 9.94. The monoisotopic (exact) mass is 403 g/mol. The van der Waals surface area contributed by atoms with Crippen molar-refractivity contribution >= 4 is 5.65 Å². The molecular weight excluding hydrogens is 370 g/mol. The van der Waals surface area contributed by atoms with Crippen LogP contribution in [0.2, 0.25) is 0 Å². The zero-order valence-corrected chi connectivity index (χ0v) is 18.3. The van der Waals surface area contributed by atoms with Crippen molar-refractivity contribution < 1.29 is 0 Å². The van der Waals surface area contributed by atoms with Crippen LogP contribution in [0.15, 0.2) is 42.6 Å². The van der Waals surface area contributed by atoms with Gasteiger partial charge in [-0.2, -0.15) is 5.10 Å². The van der Waals surface area contributed by atoms with Crippen LogP contribution in [0.5, 0.6) is 0 Å². The number of fused-ring (bicyclic) bond motifs is 1. The van der Waals surface area contributed by atoms with Crippen LogP contribution >= 0.6 is 0 Å². The van der Waals surface area contributed by atoms with Crippen LogP contribution in [-0.2, 0) is 13.1 Å². The fourth-order valence-electron chi connectivity index (χ4n) is 4.97. The molecule has 0 N–H and O–H groups in total. The second-order valence-corrected chi connectivity index (χ2v) is 9.37. The van der Waals surface area contributed by atoms with Gasteiger partial charge in [-0.3, -0.25) is 4.90 Å². The highest BCUT2D eigenvalue weighted by molar-refractivity contribution is 5.50. The fourth-order valence-corrected chi connectivity index (χ4v) is 4.97. The number of aromatic nitrogens is 3. The number of piperidine rings is 1. The third-order valence-electron chi connectivity index (χ3n) is 6.71. The number of nitrogens with zero attached hydrogens (tertiary/aromatic N) is 5. The number of aryl methyl sites for hydroxylation is 1. The van der Waals surface area contributed by atoms with Crippen LogP contribution in [0.25, 0.3) is 5.65 Å². The Morgan fingerprint density at radius 3 is 2.73 bits per heavy atom. The quantitative estimate of drug-likeness (QED) is 0.591. The molecule has 1 atom stereocenters. The smallest absolute Gasteiger partial charge is 0.160 e. The van der Waals surface area contributed by atoms with Gasteiger partial charge in [-0.05, 0) is 63.7 Å². The Bertz CT molecular complexity index is 991. The van der Waals surface area contributed by atoms with Crippen molar-refractivity contribution in [2.24, 2.45) is 5.92 Å². The number of hydrogen-bond donors (Lipinski definition) is 0. The third-order valence-corrected chi connectivity index (χ3v) is 6.71. The highest BCUT2D eigenvalue weighted by Gasteiger charge is 2.26. The van der Waals surface area contributed by atoms with Crippen LogP contribution in [0.1, 0.15) is 54.1 Å². The summed E-state index contributed by atoms with van der Waals surface area (Å²) in [5, 5.41) is 4.95. The van der Waals surface area contributed by atoms with E-state index in [-0.39, 0.29) is 0 Å².